The molecule has 0 atom stereocenters. The van der Waals surface area contributed by atoms with E-state index in [0.717, 1.165) is 16.4 Å². The number of hydrogen-bond donors (Lipinski definition) is 0. The quantitative estimate of drug-likeness (QED) is 0.580. The summed E-state index contributed by atoms with van der Waals surface area (Å²) >= 11 is 0. The van der Waals surface area contributed by atoms with E-state index < -0.39 is 0 Å². The molecule has 0 spiro atoms. The minimum atomic E-state index is 0.0983. The van der Waals surface area contributed by atoms with Crippen LogP contribution >= 0.6 is 0 Å². The van der Waals surface area contributed by atoms with E-state index in [1.807, 2.05) is 34.9 Å². The fourth-order valence-corrected chi connectivity index (χ4v) is 1.77. The van der Waals surface area contributed by atoms with Gasteiger partial charge in [0.25, 0.3) is 0 Å². The zero-order valence-corrected chi connectivity index (χ0v) is 6.90. The van der Waals surface area contributed by atoms with Gasteiger partial charge < -0.3 is 4.40 Å². The van der Waals surface area contributed by atoms with Gasteiger partial charge in [-0.15, -0.1) is 0 Å². The van der Waals surface area contributed by atoms with E-state index in [-0.39, 0.29) is 5.78 Å². The Labute approximate surface area is 74.8 Å². The Morgan fingerprint density at radius 3 is 3.15 bits per heavy atom. The van der Waals surface area contributed by atoms with Crippen LogP contribution < -0.4 is 5.35 Å². The normalized spacial score (nSPS) is 14.6. The number of ketones is 1. The van der Waals surface area contributed by atoms with E-state index in [2.05, 4.69) is 0 Å². The summed E-state index contributed by atoms with van der Waals surface area (Å²) in [4.78, 5) is 11.4. The molecule has 0 fully saturated rings. The van der Waals surface area contributed by atoms with Crippen LogP contribution in [0.25, 0.3) is 11.6 Å². The topological polar surface area (TPSA) is 21.5 Å². The molecule has 0 N–H and O–H groups in total. The van der Waals surface area contributed by atoms with Crippen LogP contribution in [0.15, 0.2) is 36.5 Å². The molecular weight excluding hydrogens is 162 g/mol. The largest absolute Gasteiger partial charge is 0.316 e. The van der Waals surface area contributed by atoms with E-state index in [1.165, 1.54) is 0 Å². The fourth-order valence-electron chi connectivity index (χ4n) is 1.77. The third-order valence-corrected chi connectivity index (χ3v) is 2.38. The van der Waals surface area contributed by atoms with Crippen LogP contribution in [0.1, 0.15) is 10.4 Å². The van der Waals surface area contributed by atoms with E-state index in [1.54, 1.807) is 12.2 Å². The van der Waals surface area contributed by atoms with Crippen LogP contribution in [0, 0.1) is 0 Å². The zero-order valence-electron chi connectivity index (χ0n) is 6.90. The van der Waals surface area contributed by atoms with Crippen molar-refractivity contribution in [2.45, 2.75) is 0 Å². The van der Waals surface area contributed by atoms with Crippen LogP contribution in [0.3, 0.4) is 0 Å². The lowest BCUT2D eigenvalue weighted by molar-refractivity contribution is 0.104. The minimum Gasteiger partial charge on any atom is -0.316 e. The highest BCUT2D eigenvalue weighted by Gasteiger charge is 2.11. The first-order valence-electron chi connectivity index (χ1n) is 4.19. The third kappa shape index (κ3) is 0.746. The molecule has 62 valence electrons. The van der Waals surface area contributed by atoms with Gasteiger partial charge in [0.15, 0.2) is 5.78 Å². The predicted molar refractivity (Wildman–Crippen MR) is 50.6 cm³/mol. The molecule has 2 aromatic heterocycles. The van der Waals surface area contributed by atoms with Crippen LogP contribution in [0.5, 0.6) is 0 Å². The number of fused-ring (bicyclic) bond motifs is 3. The molecule has 2 heteroatoms. The lowest BCUT2D eigenvalue weighted by Gasteiger charge is -1.95. The number of hydrogen-bond acceptors (Lipinski definition) is 1. The van der Waals surface area contributed by atoms with Crippen molar-refractivity contribution in [3.05, 3.63) is 47.5 Å². The number of carbonyl (C=O) groups is 1. The van der Waals surface area contributed by atoms with Crippen molar-refractivity contribution in [2.75, 3.05) is 0 Å². The molecule has 0 bridgehead atoms. The van der Waals surface area contributed by atoms with Crippen LogP contribution in [-0.2, 0) is 0 Å². The predicted octanol–water partition coefficient (Wildman–Crippen LogP) is 1.19. The second-order valence-electron chi connectivity index (χ2n) is 3.14. The van der Waals surface area contributed by atoms with Gasteiger partial charge in [-0.25, -0.2) is 0 Å². The highest BCUT2D eigenvalue weighted by Crippen LogP contribution is 2.09. The number of rotatable bonds is 0. The Kier molecular flexibility index (Phi) is 1.08. The summed E-state index contributed by atoms with van der Waals surface area (Å²) in [5, 5.41) is 0.993. The molecule has 0 saturated carbocycles. The van der Waals surface area contributed by atoms with Crippen LogP contribution in [0.2, 0.25) is 0 Å². The summed E-state index contributed by atoms with van der Waals surface area (Å²) in [6, 6.07) is 5.91. The summed E-state index contributed by atoms with van der Waals surface area (Å²) in [6.45, 7) is 0. The molecule has 2 heterocycles. The number of carbonyl (C=O) groups excluding carboxylic acids is 1. The summed E-state index contributed by atoms with van der Waals surface area (Å²) < 4.78 is 2.02. The molecule has 0 aliphatic heterocycles. The van der Waals surface area contributed by atoms with Gasteiger partial charge in [-0.05, 0) is 30.4 Å². The molecule has 0 aromatic carbocycles. The van der Waals surface area contributed by atoms with Crippen molar-refractivity contribution in [1.29, 1.82) is 0 Å². The van der Waals surface area contributed by atoms with Crippen molar-refractivity contribution in [3.8, 4) is 0 Å². The summed E-state index contributed by atoms with van der Waals surface area (Å²) in [5.41, 5.74) is 1.89. The zero-order chi connectivity index (χ0) is 8.84. The van der Waals surface area contributed by atoms with Crippen molar-refractivity contribution in [3.63, 3.8) is 0 Å². The fraction of sp³-hybridized carbons (Fsp3) is 0. The van der Waals surface area contributed by atoms with Crippen molar-refractivity contribution in [2.24, 2.45) is 0 Å². The van der Waals surface area contributed by atoms with E-state index in [4.69, 9.17) is 0 Å². The van der Waals surface area contributed by atoms with Gasteiger partial charge in [0.1, 0.15) is 0 Å². The number of aromatic nitrogens is 1. The number of allylic oxidation sites excluding steroid dienone is 2. The lowest BCUT2D eigenvalue weighted by atomic mass is 10.1. The van der Waals surface area contributed by atoms with Gasteiger partial charge >= 0.3 is 0 Å². The third-order valence-electron chi connectivity index (χ3n) is 2.38. The second kappa shape index (κ2) is 2.10. The maximum absolute atomic E-state index is 11.4. The maximum Gasteiger partial charge on any atom is 0.188 e. The maximum atomic E-state index is 11.4. The Bertz CT molecular complexity index is 575. The number of nitrogens with zero attached hydrogens (tertiary/aromatic N) is 1. The van der Waals surface area contributed by atoms with Gasteiger partial charge in [0.2, 0.25) is 0 Å². The van der Waals surface area contributed by atoms with E-state index >= 15 is 0 Å². The van der Waals surface area contributed by atoms with Crippen LogP contribution in [0.4, 0.5) is 0 Å². The van der Waals surface area contributed by atoms with Gasteiger partial charge in [0, 0.05) is 17.3 Å². The summed E-state index contributed by atoms with van der Waals surface area (Å²) in [7, 11) is 0. The highest BCUT2D eigenvalue weighted by atomic mass is 16.1. The molecule has 0 unspecified atom stereocenters. The van der Waals surface area contributed by atoms with Gasteiger partial charge in [-0.2, -0.15) is 0 Å². The van der Waals surface area contributed by atoms with Crippen LogP contribution in [-0.4, -0.2) is 10.2 Å². The van der Waals surface area contributed by atoms with Gasteiger partial charge in [-0.3, -0.25) is 4.79 Å². The molecule has 3 rings (SSSR count). The summed E-state index contributed by atoms with van der Waals surface area (Å²) in [5.74, 6) is 0.0983. The molecule has 1 aliphatic carbocycles. The molecule has 0 amide bonds. The summed E-state index contributed by atoms with van der Waals surface area (Å²) in [6.07, 6.45) is 7.33. The van der Waals surface area contributed by atoms with Crippen molar-refractivity contribution in [1.82, 2.24) is 4.40 Å². The first kappa shape index (κ1) is 6.66. The SMILES string of the molecule is O=C1C=CC=c2c1cc1cccn21. The first-order chi connectivity index (χ1) is 6.36. The Hall–Kier alpha value is -1.83. The Morgan fingerprint density at radius 2 is 2.23 bits per heavy atom. The van der Waals surface area contributed by atoms with Gasteiger partial charge in [0.05, 0.1) is 5.35 Å². The smallest absolute Gasteiger partial charge is 0.188 e. The molecule has 1 aliphatic rings. The highest BCUT2D eigenvalue weighted by molar-refractivity contribution is 6.07. The first-order valence-corrected chi connectivity index (χ1v) is 4.19. The average Bonchev–Trinajstić information content (AvgIpc) is 2.65. The molecule has 0 saturated heterocycles. The lowest BCUT2D eigenvalue weighted by Crippen LogP contribution is -2.17. The van der Waals surface area contributed by atoms with Gasteiger partial charge in [-0.1, -0.05) is 6.08 Å². The molecule has 13 heavy (non-hydrogen) atoms. The molecular formula is C11H7NO. The van der Waals surface area contributed by atoms with E-state index in [9.17, 15) is 4.79 Å². The molecule has 0 radical (unpaired) electrons. The molecule has 2 nitrogen and oxygen atoms in total. The second-order valence-corrected chi connectivity index (χ2v) is 3.14. The minimum absolute atomic E-state index is 0.0983. The monoisotopic (exact) mass is 169 g/mol. The standard InChI is InChI=1S/C11H7NO/c13-11-5-1-4-10-9(11)7-8-3-2-6-12(8)10/h1-7H. The average molecular weight is 169 g/mol. The van der Waals surface area contributed by atoms with E-state index in [0.29, 0.717) is 0 Å². The Morgan fingerprint density at radius 1 is 1.31 bits per heavy atom. The Balaban J connectivity index is 2.57. The van der Waals surface area contributed by atoms with Crippen molar-refractivity contribution >= 4 is 17.4 Å². The molecule has 2 aromatic rings. The van der Waals surface area contributed by atoms with Crippen molar-refractivity contribution < 1.29 is 4.79 Å².